The Labute approximate surface area is 299 Å². The largest absolute Gasteiger partial charge is 0.490 e. The van der Waals surface area contributed by atoms with Gasteiger partial charge in [-0.1, -0.05) is 23.7 Å². The van der Waals surface area contributed by atoms with Gasteiger partial charge in [0.1, 0.15) is 41.3 Å². The minimum atomic E-state index is -5.09. The summed E-state index contributed by atoms with van der Waals surface area (Å²) in [5.41, 5.74) is 4.07. The molecule has 0 spiro atoms. The number of nitrogens with one attached hydrogen (secondary N) is 1. The van der Waals surface area contributed by atoms with Crippen molar-refractivity contribution in [1.82, 2.24) is 29.5 Å². The molecule has 7 rings (SSSR count). The normalized spacial score (nSPS) is 16.7. The molecule has 3 aromatic heterocycles. The molecule has 1 N–H and O–H groups in total. The lowest BCUT2D eigenvalue weighted by Gasteiger charge is -2.25. The van der Waals surface area contributed by atoms with E-state index in [0.29, 0.717) is 53.8 Å². The number of benzene rings is 2. The summed E-state index contributed by atoms with van der Waals surface area (Å²) in [6.07, 6.45) is -0.718. The quantitative estimate of drug-likeness (QED) is 0.115. The molecule has 2 atom stereocenters. The zero-order valence-electron chi connectivity index (χ0n) is 27.7. The monoisotopic (exact) mass is 743 g/mol. The number of alkyl halides is 3. The van der Waals surface area contributed by atoms with Crippen LogP contribution in [-0.2, 0) is 35.5 Å². The number of nitrogens with zero attached hydrogens (tertiary/aromatic N) is 6. The van der Waals surface area contributed by atoms with E-state index in [-0.39, 0.29) is 31.6 Å². The number of likely N-dealkylation sites (tertiary alicyclic amines) is 1. The Morgan fingerprint density at radius 1 is 1.16 bits per heavy atom. The highest BCUT2D eigenvalue weighted by atomic mass is 35.5. The topological polar surface area (TPSA) is 97.6 Å². The molecule has 1 aliphatic heterocycles. The summed E-state index contributed by atoms with van der Waals surface area (Å²) in [5, 5.41) is 9.31. The minimum absolute atomic E-state index is 0.0203. The predicted octanol–water partition coefficient (Wildman–Crippen LogP) is 6.88. The first-order valence-corrected chi connectivity index (χ1v) is 17.5. The van der Waals surface area contributed by atoms with Crippen molar-refractivity contribution in [2.45, 2.75) is 50.7 Å². The van der Waals surface area contributed by atoms with Gasteiger partial charge in [0.2, 0.25) is 0 Å². The van der Waals surface area contributed by atoms with Crippen LogP contribution < -0.4 is 10.1 Å². The van der Waals surface area contributed by atoms with E-state index in [0.717, 1.165) is 38.3 Å². The molecule has 268 valence electrons. The number of carbonyl (C=O) groups is 1. The van der Waals surface area contributed by atoms with Crippen LogP contribution in [0.2, 0.25) is 5.02 Å². The van der Waals surface area contributed by atoms with E-state index in [2.05, 4.69) is 20.2 Å². The van der Waals surface area contributed by atoms with Crippen LogP contribution in [-0.4, -0.2) is 87.6 Å². The number of carbonyl (C=O) groups excluding carboxylic acids is 1. The second-order valence-electron chi connectivity index (χ2n) is 12.9. The first-order valence-electron chi connectivity index (χ1n) is 16.3. The Balaban J connectivity index is 1.10. The lowest BCUT2D eigenvalue weighted by Crippen LogP contribution is -2.41. The van der Waals surface area contributed by atoms with Gasteiger partial charge in [0.25, 0.3) is 0 Å². The third kappa shape index (κ3) is 7.81. The number of ether oxygens (including phenoxy) is 2. The maximum atomic E-state index is 13.6. The van der Waals surface area contributed by atoms with Crippen LogP contribution in [0.4, 0.5) is 29.1 Å². The van der Waals surface area contributed by atoms with Crippen molar-refractivity contribution < 1.29 is 31.8 Å². The highest BCUT2D eigenvalue weighted by molar-refractivity contribution is 7.22. The molecule has 0 bridgehead atoms. The number of halogens is 5. The molecule has 1 fully saturated rings. The fourth-order valence-corrected chi connectivity index (χ4v) is 8.04. The molecule has 0 saturated carbocycles. The van der Waals surface area contributed by atoms with Crippen LogP contribution in [0, 0.1) is 5.82 Å². The van der Waals surface area contributed by atoms with Gasteiger partial charge in [0.05, 0.1) is 22.6 Å². The number of anilines is 2. The number of aryl methyl sites for hydroxylation is 2. The minimum Gasteiger partial charge on any atom is -0.487 e. The molecule has 1 saturated heterocycles. The van der Waals surface area contributed by atoms with Crippen molar-refractivity contribution in [1.29, 1.82) is 0 Å². The molecule has 1 aliphatic carbocycles. The molecule has 4 heterocycles. The molecule has 2 aliphatic rings. The van der Waals surface area contributed by atoms with E-state index in [1.807, 2.05) is 31.3 Å². The summed E-state index contributed by atoms with van der Waals surface area (Å²) < 4.78 is 65.7. The van der Waals surface area contributed by atoms with Crippen molar-refractivity contribution in [3.05, 3.63) is 82.6 Å². The molecule has 2 aromatic carbocycles. The van der Waals surface area contributed by atoms with Crippen molar-refractivity contribution >= 4 is 50.6 Å². The standard InChI is InChI=1S/C35H34ClF4N7O3S/c1-45(2)23-10-11-46(14-23)15-24(50-34(48)35(38,39)40)16-47-17-26-28(44-47)8-7-25-30-32(41-19-42-33(30)51-31(25)26)43-22-6-9-29(27(36)13-22)49-18-20-4-3-5-21(37)12-20/h3-6,9,12-13,17,19,23-24H,7-8,10-11,14-16,18H2,1-2H3,(H,41,42,43)/t23-,24+/m0/s1. The maximum Gasteiger partial charge on any atom is 0.490 e. The van der Waals surface area contributed by atoms with Crippen molar-refractivity contribution in [3.63, 3.8) is 0 Å². The van der Waals surface area contributed by atoms with Gasteiger partial charge >= 0.3 is 12.1 Å². The number of esters is 1. The highest BCUT2D eigenvalue weighted by Crippen LogP contribution is 2.45. The molecule has 10 nitrogen and oxygen atoms in total. The first kappa shape index (κ1) is 35.1. The Morgan fingerprint density at radius 3 is 2.75 bits per heavy atom. The summed E-state index contributed by atoms with van der Waals surface area (Å²) in [4.78, 5) is 26.8. The SMILES string of the molecule is CN(C)[C@H]1CCN(C[C@H](Cn2cc3c(n2)CCc2c-3sc3ncnc(Nc4ccc(OCc5cccc(F)c5)c(Cl)c4)c23)OC(=O)C(F)(F)F)C1. The number of likely N-dealkylation sites (N-methyl/N-ethyl adjacent to an activating group) is 1. The molecule has 51 heavy (non-hydrogen) atoms. The van der Waals surface area contributed by atoms with Gasteiger partial charge in [-0.2, -0.15) is 18.3 Å². The van der Waals surface area contributed by atoms with E-state index < -0.39 is 18.2 Å². The van der Waals surface area contributed by atoms with Crippen LogP contribution in [0.25, 0.3) is 20.7 Å². The average Bonchev–Trinajstić information content (AvgIpc) is 3.81. The Bertz CT molecular complexity index is 2070. The second-order valence-corrected chi connectivity index (χ2v) is 14.3. The Kier molecular flexibility index (Phi) is 9.89. The zero-order chi connectivity index (χ0) is 35.9. The Morgan fingerprint density at radius 2 is 2.00 bits per heavy atom. The van der Waals surface area contributed by atoms with E-state index in [4.69, 9.17) is 26.2 Å². The number of aromatic nitrogens is 4. The third-order valence-electron chi connectivity index (χ3n) is 9.10. The second kappa shape index (κ2) is 14.4. The molecule has 0 unspecified atom stereocenters. The molecule has 16 heteroatoms. The van der Waals surface area contributed by atoms with Crippen LogP contribution in [0.5, 0.6) is 5.75 Å². The fraction of sp³-hybridized carbons (Fsp3) is 0.371. The summed E-state index contributed by atoms with van der Waals surface area (Å²) in [5.74, 6) is -1.50. The van der Waals surface area contributed by atoms with Gasteiger partial charge in [-0.05, 0) is 81.4 Å². The summed E-state index contributed by atoms with van der Waals surface area (Å²) in [7, 11) is 3.94. The molecular formula is C35H34ClF4N7O3S. The molecular weight excluding hydrogens is 710 g/mol. The predicted molar refractivity (Wildman–Crippen MR) is 186 cm³/mol. The lowest BCUT2D eigenvalue weighted by molar-refractivity contribution is -0.206. The van der Waals surface area contributed by atoms with Crippen LogP contribution in [0.15, 0.2) is 55.0 Å². The maximum absolute atomic E-state index is 13.6. The van der Waals surface area contributed by atoms with Crippen molar-refractivity contribution in [2.75, 3.05) is 39.0 Å². The molecule has 0 radical (unpaired) electrons. The van der Waals surface area contributed by atoms with Crippen LogP contribution >= 0.6 is 22.9 Å². The molecule has 5 aromatic rings. The fourth-order valence-electron chi connectivity index (χ4n) is 6.58. The van der Waals surface area contributed by atoms with Crippen LogP contribution in [0.3, 0.4) is 0 Å². The van der Waals surface area contributed by atoms with Gasteiger partial charge in [-0.15, -0.1) is 11.3 Å². The van der Waals surface area contributed by atoms with E-state index >= 15 is 0 Å². The summed E-state index contributed by atoms with van der Waals surface area (Å²) in [6.45, 7) is 1.67. The Hall–Kier alpha value is -4.31. The highest BCUT2D eigenvalue weighted by Gasteiger charge is 2.43. The van der Waals surface area contributed by atoms with Gasteiger partial charge in [-0.25, -0.2) is 19.2 Å². The summed E-state index contributed by atoms with van der Waals surface area (Å²) >= 11 is 8.04. The first-order chi connectivity index (χ1) is 24.4. The van der Waals surface area contributed by atoms with E-state index in [1.54, 1.807) is 28.9 Å². The number of thiophene rings is 1. The van der Waals surface area contributed by atoms with E-state index in [9.17, 15) is 22.4 Å². The smallest absolute Gasteiger partial charge is 0.487 e. The average molecular weight is 744 g/mol. The van der Waals surface area contributed by atoms with Crippen molar-refractivity contribution in [3.8, 4) is 16.2 Å². The van der Waals surface area contributed by atoms with Crippen molar-refractivity contribution in [2.24, 2.45) is 0 Å². The van der Waals surface area contributed by atoms with Gasteiger partial charge in [0.15, 0.2) is 0 Å². The lowest BCUT2D eigenvalue weighted by atomic mass is 9.95. The summed E-state index contributed by atoms with van der Waals surface area (Å²) in [6, 6.07) is 11.7. The van der Waals surface area contributed by atoms with Crippen LogP contribution in [0.1, 0.15) is 23.2 Å². The number of hydrogen-bond donors (Lipinski definition) is 1. The third-order valence-corrected chi connectivity index (χ3v) is 10.6. The van der Waals surface area contributed by atoms with Gasteiger partial charge in [-0.3, -0.25) is 9.58 Å². The zero-order valence-corrected chi connectivity index (χ0v) is 29.3. The molecule has 0 amide bonds. The van der Waals surface area contributed by atoms with E-state index in [1.165, 1.54) is 29.8 Å². The number of rotatable bonds is 11. The number of fused-ring (bicyclic) bond motifs is 5. The van der Waals surface area contributed by atoms with Gasteiger partial charge < -0.3 is 19.7 Å². The van der Waals surface area contributed by atoms with Gasteiger partial charge in [0, 0.05) is 41.5 Å². The number of hydrogen-bond acceptors (Lipinski definition) is 10.